The van der Waals surface area contributed by atoms with Gasteiger partial charge in [0.05, 0.1) is 23.0 Å². The molecule has 0 bridgehead atoms. The molecular weight excluding hydrogens is 410 g/mol. The molecule has 32 heavy (non-hydrogen) atoms. The Balaban J connectivity index is 1.42. The highest BCUT2D eigenvalue weighted by atomic mass is 16.6. The van der Waals surface area contributed by atoms with Gasteiger partial charge in [0, 0.05) is 56.8 Å². The van der Waals surface area contributed by atoms with E-state index in [2.05, 4.69) is 20.1 Å². The molecule has 1 aromatic heterocycles. The molecule has 3 atom stereocenters. The SMILES string of the molecule is O=C(NCC1CCCO1)C1Cc2cc([N+](=O)[O-])ccc2N2CCN(c3ccccn3)CC12. The van der Waals surface area contributed by atoms with Crippen LogP contribution in [0.1, 0.15) is 18.4 Å². The Morgan fingerprint density at radius 3 is 2.94 bits per heavy atom. The quantitative estimate of drug-likeness (QED) is 0.565. The first kappa shape index (κ1) is 20.7. The Morgan fingerprint density at radius 2 is 2.19 bits per heavy atom. The molecule has 3 aliphatic heterocycles. The van der Waals surface area contributed by atoms with Gasteiger partial charge in [0.15, 0.2) is 0 Å². The van der Waals surface area contributed by atoms with Crippen LogP contribution in [0.3, 0.4) is 0 Å². The van der Waals surface area contributed by atoms with Crippen molar-refractivity contribution >= 4 is 23.1 Å². The van der Waals surface area contributed by atoms with Crippen LogP contribution in [-0.4, -0.2) is 60.7 Å². The van der Waals surface area contributed by atoms with E-state index in [1.54, 1.807) is 18.3 Å². The molecule has 5 rings (SSSR count). The molecule has 4 heterocycles. The zero-order valence-electron chi connectivity index (χ0n) is 17.9. The first-order valence-electron chi connectivity index (χ1n) is 11.2. The third kappa shape index (κ3) is 4.00. The van der Waals surface area contributed by atoms with Crippen molar-refractivity contribution in [3.63, 3.8) is 0 Å². The summed E-state index contributed by atoms with van der Waals surface area (Å²) in [6.45, 7) is 3.42. The number of piperazine rings is 1. The van der Waals surface area contributed by atoms with Gasteiger partial charge in [0.1, 0.15) is 5.82 Å². The van der Waals surface area contributed by atoms with Crippen LogP contribution in [0.4, 0.5) is 17.2 Å². The van der Waals surface area contributed by atoms with Crippen LogP contribution in [0.25, 0.3) is 0 Å². The highest BCUT2D eigenvalue weighted by Gasteiger charge is 2.42. The van der Waals surface area contributed by atoms with Crippen LogP contribution >= 0.6 is 0 Å². The van der Waals surface area contributed by atoms with Crippen LogP contribution in [0.2, 0.25) is 0 Å². The number of carbonyl (C=O) groups is 1. The number of aromatic nitrogens is 1. The highest BCUT2D eigenvalue weighted by molar-refractivity contribution is 5.82. The van der Waals surface area contributed by atoms with Gasteiger partial charge in [-0.3, -0.25) is 14.9 Å². The van der Waals surface area contributed by atoms with E-state index in [0.29, 0.717) is 19.5 Å². The maximum absolute atomic E-state index is 13.3. The van der Waals surface area contributed by atoms with Gasteiger partial charge >= 0.3 is 0 Å². The highest BCUT2D eigenvalue weighted by Crippen LogP contribution is 2.38. The summed E-state index contributed by atoms with van der Waals surface area (Å²) in [5.41, 5.74) is 1.91. The Kier molecular flexibility index (Phi) is 5.65. The summed E-state index contributed by atoms with van der Waals surface area (Å²) < 4.78 is 5.65. The van der Waals surface area contributed by atoms with Gasteiger partial charge in [-0.2, -0.15) is 0 Å². The summed E-state index contributed by atoms with van der Waals surface area (Å²) in [6.07, 6.45) is 4.32. The summed E-state index contributed by atoms with van der Waals surface area (Å²) in [7, 11) is 0. The van der Waals surface area contributed by atoms with Gasteiger partial charge < -0.3 is 19.9 Å². The second-order valence-corrected chi connectivity index (χ2v) is 8.66. The number of amides is 1. The molecule has 0 spiro atoms. The van der Waals surface area contributed by atoms with Crippen molar-refractivity contribution in [2.75, 3.05) is 42.6 Å². The second-order valence-electron chi connectivity index (χ2n) is 8.66. The van der Waals surface area contributed by atoms with Gasteiger partial charge in [-0.15, -0.1) is 0 Å². The Morgan fingerprint density at radius 1 is 1.28 bits per heavy atom. The molecule has 1 N–H and O–H groups in total. The molecule has 9 heteroatoms. The molecule has 2 aromatic rings. The summed E-state index contributed by atoms with van der Waals surface area (Å²) >= 11 is 0. The van der Waals surface area contributed by atoms with E-state index in [9.17, 15) is 14.9 Å². The van der Waals surface area contributed by atoms with E-state index in [1.807, 2.05) is 24.3 Å². The zero-order chi connectivity index (χ0) is 22.1. The van der Waals surface area contributed by atoms with Gasteiger partial charge in [-0.25, -0.2) is 4.98 Å². The van der Waals surface area contributed by atoms with Crippen molar-refractivity contribution in [1.29, 1.82) is 0 Å². The fraction of sp³-hybridized carbons (Fsp3) is 0.478. The number of hydrogen-bond acceptors (Lipinski definition) is 7. The molecule has 3 unspecified atom stereocenters. The summed E-state index contributed by atoms with van der Waals surface area (Å²) in [5, 5.41) is 14.4. The molecular formula is C23H27N5O4. The first-order chi connectivity index (χ1) is 15.6. The van der Waals surface area contributed by atoms with Crippen molar-refractivity contribution in [1.82, 2.24) is 10.3 Å². The third-order valence-corrected chi connectivity index (χ3v) is 6.74. The van der Waals surface area contributed by atoms with Gasteiger partial charge in [0.2, 0.25) is 5.91 Å². The number of anilines is 2. The predicted octanol–water partition coefficient (Wildman–Crippen LogP) is 2.15. The number of fused-ring (bicyclic) bond motifs is 3. The summed E-state index contributed by atoms with van der Waals surface area (Å²) in [6, 6.07) is 10.8. The average Bonchev–Trinajstić information content (AvgIpc) is 3.35. The van der Waals surface area contributed by atoms with Crippen molar-refractivity contribution in [2.45, 2.75) is 31.4 Å². The monoisotopic (exact) mass is 437 g/mol. The molecule has 168 valence electrons. The van der Waals surface area contributed by atoms with Gasteiger partial charge in [0.25, 0.3) is 5.69 Å². The molecule has 2 saturated heterocycles. The van der Waals surface area contributed by atoms with Crippen LogP contribution < -0.4 is 15.1 Å². The number of nitrogens with one attached hydrogen (secondary N) is 1. The normalized spacial score (nSPS) is 24.6. The van der Waals surface area contributed by atoms with E-state index in [-0.39, 0.29) is 34.6 Å². The lowest BCUT2D eigenvalue weighted by molar-refractivity contribution is -0.384. The van der Waals surface area contributed by atoms with E-state index < -0.39 is 0 Å². The number of nitro benzene ring substituents is 1. The fourth-order valence-corrected chi connectivity index (χ4v) is 5.12. The third-order valence-electron chi connectivity index (χ3n) is 6.74. The van der Waals surface area contributed by atoms with Crippen LogP contribution in [0, 0.1) is 16.0 Å². The summed E-state index contributed by atoms with van der Waals surface area (Å²) in [4.78, 5) is 33.2. The van der Waals surface area contributed by atoms with Crippen molar-refractivity contribution < 1.29 is 14.5 Å². The topological polar surface area (TPSA) is 101 Å². The standard InChI is InChI=1S/C23H27N5O4/c29-23(25-14-18-4-3-11-32-18)19-13-16-12-17(28(30)31)6-7-20(16)27-10-9-26(15-21(19)27)22-5-1-2-8-24-22/h1-2,5-8,12,18-19,21H,3-4,9-11,13-15H2,(H,25,29). The van der Waals surface area contributed by atoms with E-state index in [1.165, 1.54) is 0 Å². The lowest BCUT2D eigenvalue weighted by Gasteiger charge is -2.49. The molecule has 0 aliphatic carbocycles. The van der Waals surface area contributed by atoms with Gasteiger partial charge in [-0.05, 0) is 43.0 Å². The Labute approximate surface area is 186 Å². The van der Waals surface area contributed by atoms with Crippen LogP contribution in [0.5, 0.6) is 0 Å². The summed E-state index contributed by atoms with van der Waals surface area (Å²) in [5.74, 6) is 0.577. The molecule has 3 aliphatic rings. The van der Waals surface area contributed by atoms with Gasteiger partial charge in [-0.1, -0.05) is 6.07 Å². The molecule has 9 nitrogen and oxygen atoms in total. The van der Waals surface area contributed by atoms with Crippen molar-refractivity contribution in [3.05, 3.63) is 58.3 Å². The minimum absolute atomic E-state index is 0.0180. The number of nitrogens with zero attached hydrogens (tertiary/aromatic N) is 4. The largest absolute Gasteiger partial charge is 0.376 e. The number of rotatable bonds is 5. The maximum Gasteiger partial charge on any atom is 0.269 e. The van der Waals surface area contributed by atoms with Crippen LogP contribution in [0.15, 0.2) is 42.6 Å². The molecule has 1 amide bonds. The minimum atomic E-state index is -0.377. The molecule has 0 saturated carbocycles. The zero-order valence-corrected chi connectivity index (χ0v) is 17.9. The smallest absolute Gasteiger partial charge is 0.269 e. The lowest BCUT2D eigenvalue weighted by Crippen LogP contribution is -2.61. The Hall–Kier alpha value is -3.20. The fourth-order valence-electron chi connectivity index (χ4n) is 5.12. The molecule has 2 fully saturated rings. The predicted molar refractivity (Wildman–Crippen MR) is 120 cm³/mol. The average molecular weight is 438 g/mol. The lowest BCUT2D eigenvalue weighted by atomic mass is 9.83. The number of non-ortho nitro benzene ring substituents is 1. The Bertz CT molecular complexity index is 995. The first-order valence-corrected chi connectivity index (χ1v) is 11.2. The van der Waals surface area contributed by atoms with Crippen molar-refractivity contribution in [2.24, 2.45) is 5.92 Å². The number of pyridine rings is 1. The molecule has 1 aromatic carbocycles. The second kappa shape index (κ2) is 8.74. The minimum Gasteiger partial charge on any atom is -0.376 e. The van der Waals surface area contributed by atoms with E-state index in [0.717, 1.165) is 49.6 Å². The number of carbonyl (C=O) groups excluding carboxylic acids is 1. The maximum atomic E-state index is 13.3. The number of benzene rings is 1. The number of ether oxygens (including phenoxy) is 1. The van der Waals surface area contributed by atoms with E-state index in [4.69, 9.17) is 4.74 Å². The number of nitro groups is 1. The molecule has 0 radical (unpaired) electrons. The van der Waals surface area contributed by atoms with Crippen LogP contribution in [-0.2, 0) is 16.0 Å². The van der Waals surface area contributed by atoms with E-state index >= 15 is 0 Å². The number of hydrogen-bond donors (Lipinski definition) is 1. The van der Waals surface area contributed by atoms with Crippen molar-refractivity contribution in [3.8, 4) is 0 Å².